The van der Waals surface area contributed by atoms with Crippen molar-refractivity contribution in [1.29, 1.82) is 0 Å². The number of aromatic nitrogens is 3. The Morgan fingerprint density at radius 1 is 1.23 bits per heavy atom. The van der Waals surface area contributed by atoms with E-state index in [4.69, 9.17) is 26.2 Å². The van der Waals surface area contributed by atoms with Crippen molar-refractivity contribution in [2.24, 2.45) is 0 Å². The van der Waals surface area contributed by atoms with Gasteiger partial charge in [-0.05, 0) is 55.0 Å². The topological polar surface area (TPSA) is 78.3 Å². The lowest BCUT2D eigenvalue weighted by Gasteiger charge is -2.29. The maximum absolute atomic E-state index is 13.2. The van der Waals surface area contributed by atoms with E-state index in [9.17, 15) is 4.79 Å². The van der Waals surface area contributed by atoms with E-state index in [0.717, 1.165) is 27.8 Å². The van der Waals surface area contributed by atoms with Crippen LogP contribution in [0.3, 0.4) is 0 Å². The summed E-state index contributed by atoms with van der Waals surface area (Å²) in [4.78, 5) is 17.9. The number of hydrogen-bond acceptors (Lipinski definition) is 7. The van der Waals surface area contributed by atoms with Crippen LogP contribution in [0.25, 0.3) is 0 Å². The molecule has 0 bridgehead atoms. The highest BCUT2D eigenvalue weighted by atomic mass is 79.9. The molecule has 1 aliphatic heterocycles. The summed E-state index contributed by atoms with van der Waals surface area (Å²) in [6.07, 6.45) is 0.731. The second kappa shape index (κ2) is 11.5. The van der Waals surface area contributed by atoms with E-state index in [0.29, 0.717) is 46.4 Å². The SMILES string of the molecule is CCCOC(=O)C1=C(C)Nc2nc(SCC)nn2C1c1cc(Br)ccc1OCc1ccc(Cl)cc1. The Labute approximate surface area is 222 Å². The van der Waals surface area contributed by atoms with Gasteiger partial charge in [-0.3, -0.25) is 0 Å². The quantitative estimate of drug-likeness (QED) is 0.226. The first-order valence-corrected chi connectivity index (χ1v) is 13.5. The van der Waals surface area contributed by atoms with Gasteiger partial charge in [0.15, 0.2) is 0 Å². The molecule has 1 N–H and O–H groups in total. The Morgan fingerprint density at radius 2 is 2.00 bits per heavy atom. The highest BCUT2D eigenvalue weighted by molar-refractivity contribution is 9.10. The van der Waals surface area contributed by atoms with Crippen molar-refractivity contribution >= 4 is 51.2 Å². The van der Waals surface area contributed by atoms with Crippen LogP contribution in [0.4, 0.5) is 5.95 Å². The summed E-state index contributed by atoms with van der Waals surface area (Å²) >= 11 is 11.1. The second-order valence-corrected chi connectivity index (χ2v) is 10.5. The van der Waals surface area contributed by atoms with Gasteiger partial charge in [-0.15, -0.1) is 5.10 Å². The lowest BCUT2D eigenvalue weighted by atomic mass is 9.95. The summed E-state index contributed by atoms with van der Waals surface area (Å²) in [5.74, 6) is 1.64. The first-order chi connectivity index (χ1) is 16.9. The molecule has 0 amide bonds. The van der Waals surface area contributed by atoms with Gasteiger partial charge in [0.2, 0.25) is 11.1 Å². The predicted octanol–water partition coefficient (Wildman–Crippen LogP) is 6.63. The molecule has 1 unspecified atom stereocenters. The molecule has 1 aromatic heterocycles. The second-order valence-electron chi connectivity index (χ2n) is 7.89. The minimum absolute atomic E-state index is 0.335. The van der Waals surface area contributed by atoms with E-state index >= 15 is 0 Å². The van der Waals surface area contributed by atoms with Crippen LogP contribution < -0.4 is 10.1 Å². The number of thioether (sulfide) groups is 1. The van der Waals surface area contributed by atoms with Crippen LogP contribution >= 0.6 is 39.3 Å². The minimum Gasteiger partial charge on any atom is -0.489 e. The number of fused-ring (bicyclic) bond motifs is 1. The molecule has 184 valence electrons. The molecule has 4 rings (SSSR count). The summed E-state index contributed by atoms with van der Waals surface area (Å²) in [6, 6.07) is 12.7. The first kappa shape index (κ1) is 25.6. The van der Waals surface area contributed by atoms with E-state index in [2.05, 4.69) is 26.2 Å². The Balaban J connectivity index is 1.78. The number of esters is 1. The summed E-state index contributed by atoms with van der Waals surface area (Å²) in [7, 11) is 0. The first-order valence-electron chi connectivity index (χ1n) is 11.3. The summed E-state index contributed by atoms with van der Waals surface area (Å²) in [5, 5.41) is 9.26. The van der Waals surface area contributed by atoms with Crippen LogP contribution in [0.5, 0.6) is 5.75 Å². The van der Waals surface area contributed by atoms with Gasteiger partial charge in [-0.1, -0.05) is 65.3 Å². The monoisotopic (exact) mass is 576 g/mol. The molecule has 3 aromatic rings. The highest BCUT2D eigenvalue weighted by Crippen LogP contribution is 2.41. The van der Waals surface area contributed by atoms with E-state index in [-0.39, 0.29) is 0 Å². The molecule has 1 atom stereocenters. The summed E-state index contributed by atoms with van der Waals surface area (Å²) < 4.78 is 14.4. The number of carbonyl (C=O) groups is 1. The number of benzene rings is 2. The number of hydrogen-bond donors (Lipinski definition) is 1. The minimum atomic E-state index is -0.577. The van der Waals surface area contributed by atoms with Crippen molar-refractivity contribution in [3.63, 3.8) is 0 Å². The molecule has 0 spiro atoms. The van der Waals surface area contributed by atoms with Crippen LogP contribution in [0.15, 0.2) is 63.4 Å². The van der Waals surface area contributed by atoms with Gasteiger partial charge in [0, 0.05) is 20.8 Å². The summed E-state index contributed by atoms with van der Waals surface area (Å²) in [6.45, 7) is 6.54. The largest absolute Gasteiger partial charge is 0.489 e. The highest BCUT2D eigenvalue weighted by Gasteiger charge is 2.37. The zero-order valence-electron chi connectivity index (χ0n) is 19.7. The van der Waals surface area contributed by atoms with Crippen LogP contribution in [-0.4, -0.2) is 33.1 Å². The Hall–Kier alpha value is -2.49. The molecule has 0 aliphatic carbocycles. The standard InChI is InChI=1S/C25H26BrClN4O3S/c1-4-12-33-23(32)21-15(3)28-24-29-25(35-5-2)30-31(24)22(21)19-13-17(26)8-11-20(19)34-14-16-6-9-18(27)10-7-16/h6-11,13,22H,4-5,12,14H2,1-3H3,(H,28,29,30). The Morgan fingerprint density at radius 3 is 2.71 bits per heavy atom. The molecule has 1 aliphatic rings. The number of nitrogens with zero attached hydrogens (tertiary/aromatic N) is 3. The zero-order valence-corrected chi connectivity index (χ0v) is 22.8. The molecule has 0 saturated carbocycles. The molecular formula is C25H26BrClN4O3S. The van der Waals surface area contributed by atoms with Gasteiger partial charge in [-0.25, -0.2) is 9.48 Å². The van der Waals surface area contributed by atoms with E-state index < -0.39 is 12.0 Å². The van der Waals surface area contributed by atoms with Gasteiger partial charge in [0.25, 0.3) is 0 Å². The molecule has 0 radical (unpaired) electrons. The molecule has 2 aromatic carbocycles. The van der Waals surface area contributed by atoms with Crippen molar-refractivity contribution < 1.29 is 14.3 Å². The van der Waals surface area contributed by atoms with Crippen molar-refractivity contribution in [2.75, 3.05) is 17.7 Å². The lowest BCUT2D eigenvalue weighted by molar-refractivity contribution is -0.139. The smallest absolute Gasteiger partial charge is 0.338 e. The van der Waals surface area contributed by atoms with Gasteiger partial charge < -0.3 is 14.8 Å². The lowest BCUT2D eigenvalue weighted by Crippen LogP contribution is -2.30. The number of nitrogens with one attached hydrogen (secondary N) is 1. The van der Waals surface area contributed by atoms with Crippen molar-refractivity contribution in [3.05, 3.63) is 74.4 Å². The number of allylic oxidation sites excluding steroid dienone is 1. The summed E-state index contributed by atoms with van der Waals surface area (Å²) in [5.41, 5.74) is 2.90. The molecule has 10 heteroatoms. The number of carbonyl (C=O) groups excluding carboxylic acids is 1. The Bertz CT molecular complexity index is 1250. The fourth-order valence-corrected chi connectivity index (χ4v) is 4.81. The van der Waals surface area contributed by atoms with Crippen molar-refractivity contribution in [2.45, 2.75) is 45.0 Å². The average molecular weight is 578 g/mol. The van der Waals surface area contributed by atoms with E-state index in [1.807, 2.05) is 63.2 Å². The predicted molar refractivity (Wildman–Crippen MR) is 142 cm³/mol. The van der Waals surface area contributed by atoms with Gasteiger partial charge in [-0.2, -0.15) is 4.98 Å². The van der Waals surface area contributed by atoms with E-state index in [1.165, 1.54) is 11.8 Å². The number of rotatable bonds is 9. The van der Waals surface area contributed by atoms with Crippen LogP contribution in [-0.2, 0) is 16.1 Å². The molecule has 0 fully saturated rings. The fourth-order valence-electron chi connectivity index (χ4n) is 3.75. The number of anilines is 1. The zero-order chi connectivity index (χ0) is 24.9. The molecule has 2 heterocycles. The van der Waals surface area contributed by atoms with Crippen LogP contribution in [0, 0.1) is 0 Å². The van der Waals surface area contributed by atoms with Crippen molar-refractivity contribution in [3.8, 4) is 5.75 Å². The van der Waals surface area contributed by atoms with Gasteiger partial charge in [0.05, 0.1) is 12.2 Å². The molecule has 0 saturated heterocycles. The Kier molecular flexibility index (Phi) is 8.41. The number of halogens is 2. The maximum atomic E-state index is 13.2. The normalized spacial score (nSPS) is 14.9. The van der Waals surface area contributed by atoms with E-state index in [1.54, 1.807) is 4.68 Å². The molecule has 35 heavy (non-hydrogen) atoms. The third-order valence-electron chi connectivity index (χ3n) is 5.34. The van der Waals surface area contributed by atoms with Gasteiger partial charge in [0.1, 0.15) is 18.4 Å². The fraction of sp³-hybridized carbons (Fsp3) is 0.320. The third kappa shape index (κ3) is 5.85. The number of ether oxygens (including phenoxy) is 2. The molecular weight excluding hydrogens is 552 g/mol. The van der Waals surface area contributed by atoms with Crippen molar-refractivity contribution in [1.82, 2.24) is 14.8 Å². The maximum Gasteiger partial charge on any atom is 0.338 e. The molecule has 7 nitrogen and oxygen atoms in total. The van der Waals surface area contributed by atoms with Crippen LogP contribution in [0.2, 0.25) is 5.02 Å². The van der Waals surface area contributed by atoms with Crippen LogP contribution in [0.1, 0.15) is 44.4 Å². The average Bonchev–Trinajstić information content (AvgIpc) is 3.24. The third-order valence-corrected chi connectivity index (χ3v) is 6.80. The van der Waals surface area contributed by atoms with Gasteiger partial charge >= 0.3 is 5.97 Å².